The van der Waals surface area contributed by atoms with Gasteiger partial charge in [0.05, 0.1) is 18.0 Å². The second-order valence-corrected chi connectivity index (χ2v) is 5.49. The fraction of sp³-hybridized carbons (Fsp3) is 0.188. The van der Waals surface area contributed by atoms with E-state index in [1.807, 2.05) is 43.3 Å². The van der Waals surface area contributed by atoms with Crippen LogP contribution in [0.1, 0.15) is 25.7 Å². The van der Waals surface area contributed by atoms with Crippen molar-refractivity contribution in [2.45, 2.75) is 13.5 Å². The van der Waals surface area contributed by atoms with E-state index in [1.165, 1.54) is 0 Å². The fourth-order valence-corrected chi connectivity index (χ4v) is 2.56. The summed E-state index contributed by atoms with van der Waals surface area (Å²) < 4.78 is 0. The minimum Gasteiger partial charge on any atom is -0.347 e. The molecular formula is C16H16N2OS. The van der Waals surface area contributed by atoms with Crippen molar-refractivity contribution in [3.05, 3.63) is 57.3 Å². The van der Waals surface area contributed by atoms with Crippen molar-refractivity contribution in [1.82, 2.24) is 5.32 Å². The highest BCUT2D eigenvalue weighted by atomic mass is 32.1. The smallest absolute Gasteiger partial charge is 0.251 e. The Bertz CT molecular complexity index is 664. The van der Waals surface area contributed by atoms with Gasteiger partial charge in [-0.15, -0.1) is 11.3 Å². The number of hydrogen-bond donors (Lipinski definition) is 2. The van der Waals surface area contributed by atoms with Crippen LogP contribution in [0.2, 0.25) is 0 Å². The third-order valence-corrected chi connectivity index (χ3v) is 3.68. The molecule has 20 heavy (non-hydrogen) atoms. The molecule has 0 fully saturated rings. The molecule has 0 bridgehead atoms. The number of nitrogens with one attached hydrogen (secondary N) is 1. The molecule has 1 aromatic carbocycles. The topological polar surface area (TPSA) is 55.1 Å². The van der Waals surface area contributed by atoms with Gasteiger partial charge >= 0.3 is 0 Å². The lowest BCUT2D eigenvalue weighted by molar-refractivity contribution is 0.0951. The molecule has 3 nitrogen and oxygen atoms in total. The van der Waals surface area contributed by atoms with E-state index in [0.717, 1.165) is 15.3 Å². The second kappa shape index (κ2) is 6.90. The SMILES string of the molecule is Cc1cccc(C(=O)NCc2ccc(C#CCN)s2)c1. The van der Waals surface area contributed by atoms with Crippen LogP contribution in [0.5, 0.6) is 0 Å². The summed E-state index contributed by atoms with van der Waals surface area (Å²) in [5.74, 6) is 5.74. The number of thiophene rings is 1. The average molecular weight is 284 g/mol. The Labute approximate surface area is 122 Å². The first kappa shape index (κ1) is 14.3. The molecule has 102 valence electrons. The second-order valence-electron chi connectivity index (χ2n) is 4.32. The molecule has 1 aromatic heterocycles. The molecule has 1 amide bonds. The summed E-state index contributed by atoms with van der Waals surface area (Å²) in [5, 5.41) is 2.91. The van der Waals surface area contributed by atoms with Gasteiger partial charge in [-0.1, -0.05) is 29.5 Å². The molecular weight excluding hydrogens is 268 g/mol. The van der Waals surface area contributed by atoms with E-state index in [2.05, 4.69) is 17.2 Å². The van der Waals surface area contributed by atoms with Crippen LogP contribution in [0, 0.1) is 18.8 Å². The van der Waals surface area contributed by atoms with E-state index in [0.29, 0.717) is 18.7 Å². The molecule has 0 atom stereocenters. The Morgan fingerprint density at radius 1 is 1.35 bits per heavy atom. The Morgan fingerprint density at radius 2 is 2.20 bits per heavy atom. The molecule has 0 aliphatic carbocycles. The fourth-order valence-electron chi connectivity index (χ4n) is 1.73. The van der Waals surface area contributed by atoms with Crippen LogP contribution in [0.15, 0.2) is 36.4 Å². The Kier molecular flexibility index (Phi) is 4.94. The van der Waals surface area contributed by atoms with Crippen LogP contribution in [-0.4, -0.2) is 12.5 Å². The monoisotopic (exact) mass is 284 g/mol. The van der Waals surface area contributed by atoms with Gasteiger partial charge in [-0.2, -0.15) is 0 Å². The van der Waals surface area contributed by atoms with E-state index >= 15 is 0 Å². The van der Waals surface area contributed by atoms with Crippen LogP contribution in [0.25, 0.3) is 0 Å². The van der Waals surface area contributed by atoms with Crippen molar-refractivity contribution in [2.75, 3.05) is 6.54 Å². The maximum atomic E-state index is 12.0. The third-order valence-electron chi connectivity index (χ3n) is 2.68. The first-order valence-corrected chi connectivity index (χ1v) is 7.13. The van der Waals surface area contributed by atoms with Crippen LogP contribution in [0.4, 0.5) is 0 Å². The van der Waals surface area contributed by atoms with Gasteiger partial charge in [0.15, 0.2) is 0 Å². The van der Waals surface area contributed by atoms with E-state index in [1.54, 1.807) is 11.3 Å². The summed E-state index contributed by atoms with van der Waals surface area (Å²) >= 11 is 1.57. The zero-order valence-corrected chi connectivity index (χ0v) is 12.1. The zero-order valence-electron chi connectivity index (χ0n) is 11.3. The molecule has 0 spiro atoms. The van der Waals surface area contributed by atoms with Gasteiger partial charge in [-0.3, -0.25) is 4.79 Å². The van der Waals surface area contributed by atoms with Crippen LogP contribution < -0.4 is 11.1 Å². The summed E-state index contributed by atoms with van der Waals surface area (Å²) in [5.41, 5.74) is 7.09. The highest BCUT2D eigenvalue weighted by Crippen LogP contribution is 2.15. The summed E-state index contributed by atoms with van der Waals surface area (Å²) in [6.45, 7) is 2.84. The number of carbonyl (C=O) groups is 1. The number of aryl methyl sites for hydroxylation is 1. The summed E-state index contributed by atoms with van der Waals surface area (Å²) in [6.07, 6.45) is 0. The lowest BCUT2D eigenvalue weighted by Crippen LogP contribution is -2.22. The van der Waals surface area contributed by atoms with E-state index in [4.69, 9.17) is 5.73 Å². The average Bonchev–Trinajstić information content (AvgIpc) is 2.90. The highest BCUT2D eigenvalue weighted by molar-refractivity contribution is 7.12. The number of benzene rings is 1. The Morgan fingerprint density at radius 3 is 2.95 bits per heavy atom. The van der Waals surface area contributed by atoms with Gasteiger partial charge in [0, 0.05) is 10.4 Å². The van der Waals surface area contributed by atoms with Gasteiger partial charge in [0.25, 0.3) is 5.91 Å². The zero-order chi connectivity index (χ0) is 14.4. The first-order valence-electron chi connectivity index (χ1n) is 6.31. The number of carbonyl (C=O) groups excluding carboxylic acids is 1. The number of nitrogens with two attached hydrogens (primary N) is 1. The predicted octanol–water partition coefficient (Wildman–Crippen LogP) is 2.30. The quantitative estimate of drug-likeness (QED) is 0.850. The molecule has 0 saturated heterocycles. The Balaban J connectivity index is 1.95. The summed E-state index contributed by atoms with van der Waals surface area (Å²) in [6, 6.07) is 11.5. The number of hydrogen-bond acceptors (Lipinski definition) is 3. The molecule has 2 rings (SSSR count). The molecule has 2 aromatic rings. The van der Waals surface area contributed by atoms with E-state index in [9.17, 15) is 4.79 Å². The van der Waals surface area contributed by atoms with E-state index < -0.39 is 0 Å². The minimum absolute atomic E-state index is 0.0586. The minimum atomic E-state index is -0.0586. The third kappa shape index (κ3) is 3.95. The normalized spacial score (nSPS) is 9.70. The van der Waals surface area contributed by atoms with Crippen molar-refractivity contribution in [3.8, 4) is 11.8 Å². The Hall–Kier alpha value is -2.09. The molecule has 0 unspecified atom stereocenters. The molecule has 0 aliphatic heterocycles. The summed E-state index contributed by atoms with van der Waals surface area (Å²) in [4.78, 5) is 14.0. The molecule has 1 heterocycles. The maximum Gasteiger partial charge on any atom is 0.251 e. The number of rotatable bonds is 3. The van der Waals surface area contributed by atoms with Crippen molar-refractivity contribution in [2.24, 2.45) is 5.73 Å². The molecule has 0 aliphatic rings. The summed E-state index contributed by atoms with van der Waals surface area (Å²) in [7, 11) is 0. The van der Waals surface area contributed by atoms with Gasteiger partial charge in [0.1, 0.15) is 0 Å². The predicted molar refractivity (Wildman–Crippen MR) is 82.6 cm³/mol. The van der Waals surface area contributed by atoms with Crippen molar-refractivity contribution in [3.63, 3.8) is 0 Å². The molecule has 0 saturated carbocycles. The van der Waals surface area contributed by atoms with Crippen molar-refractivity contribution >= 4 is 17.2 Å². The first-order chi connectivity index (χ1) is 9.69. The molecule has 0 radical (unpaired) electrons. The molecule has 4 heteroatoms. The van der Waals surface area contributed by atoms with Gasteiger partial charge in [0.2, 0.25) is 0 Å². The van der Waals surface area contributed by atoms with Gasteiger partial charge in [-0.25, -0.2) is 0 Å². The van der Waals surface area contributed by atoms with Crippen molar-refractivity contribution in [1.29, 1.82) is 0 Å². The van der Waals surface area contributed by atoms with Crippen LogP contribution in [0.3, 0.4) is 0 Å². The number of amides is 1. The lowest BCUT2D eigenvalue weighted by atomic mass is 10.1. The molecule has 3 N–H and O–H groups in total. The van der Waals surface area contributed by atoms with Crippen LogP contribution in [-0.2, 0) is 6.54 Å². The van der Waals surface area contributed by atoms with E-state index in [-0.39, 0.29) is 5.91 Å². The highest BCUT2D eigenvalue weighted by Gasteiger charge is 2.06. The van der Waals surface area contributed by atoms with Gasteiger partial charge in [-0.05, 0) is 31.2 Å². The van der Waals surface area contributed by atoms with Gasteiger partial charge < -0.3 is 11.1 Å². The van der Waals surface area contributed by atoms with Crippen molar-refractivity contribution < 1.29 is 4.79 Å². The lowest BCUT2D eigenvalue weighted by Gasteiger charge is -2.04. The maximum absolute atomic E-state index is 12.0. The standard InChI is InChI=1S/C16H16N2OS/c1-12-4-2-5-13(10-12)16(19)18-11-15-8-7-14(20-15)6-3-9-17/h2,4-5,7-8,10H,9,11,17H2,1H3,(H,18,19). The van der Waals surface area contributed by atoms with Crippen LogP contribution >= 0.6 is 11.3 Å². The largest absolute Gasteiger partial charge is 0.347 e.